The molecule has 8 nitrogen and oxygen atoms in total. The highest BCUT2D eigenvalue weighted by molar-refractivity contribution is 7.80. The zero-order valence-corrected chi connectivity index (χ0v) is 20.2. The Bertz CT molecular complexity index is 917. The van der Waals surface area contributed by atoms with Crippen LogP contribution in [0, 0.1) is 0 Å². The van der Waals surface area contributed by atoms with E-state index < -0.39 is 0 Å². The van der Waals surface area contributed by atoms with Gasteiger partial charge in [0, 0.05) is 31.5 Å². The van der Waals surface area contributed by atoms with Gasteiger partial charge in [0.25, 0.3) is 11.8 Å². The van der Waals surface area contributed by atoms with Crippen molar-refractivity contribution in [2.45, 2.75) is 13.8 Å². The van der Waals surface area contributed by atoms with Crippen molar-refractivity contribution < 1.29 is 19.1 Å². The number of hydrogen-bond acceptors (Lipinski definition) is 6. The molecule has 178 valence electrons. The Balaban J connectivity index is 1.87. The van der Waals surface area contributed by atoms with E-state index in [0.717, 1.165) is 19.6 Å². The molecule has 0 radical (unpaired) electrons. The topological polar surface area (TPSA) is 91.9 Å². The van der Waals surface area contributed by atoms with Crippen molar-refractivity contribution in [2.24, 2.45) is 0 Å². The van der Waals surface area contributed by atoms with Crippen LogP contribution in [0.4, 0.5) is 5.69 Å². The number of hydrogen-bond donors (Lipinski definition) is 3. The van der Waals surface area contributed by atoms with Crippen molar-refractivity contribution in [2.75, 3.05) is 51.8 Å². The van der Waals surface area contributed by atoms with Crippen LogP contribution >= 0.6 is 12.2 Å². The average molecular weight is 473 g/mol. The molecule has 2 rings (SSSR count). The Morgan fingerprint density at radius 1 is 0.970 bits per heavy atom. The lowest BCUT2D eigenvalue weighted by Gasteiger charge is -2.18. The van der Waals surface area contributed by atoms with Crippen LogP contribution in [-0.2, 0) is 4.74 Å². The van der Waals surface area contributed by atoms with E-state index in [1.165, 1.54) is 0 Å². The number of methoxy groups -OCH3 is 1. The van der Waals surface area contributed by atoms with Crippen molar-refractivity contribution in [1.82, 2.24) is 15.5 Å². The molecule has 0 aliphatic carbocycles. The fraction of sp³-hybridized carbons (Fsp3) is 0.375. The number of carbonyl (C=O) groups is 2. The molecule has 0 heterocycles. The van der Waals surface area contributed by atoms with Gasteiger partial charge in [0.2, 0.25) is 0 Å². The number of nitrogens with zero attached hydrogens (tertiary/aromatic N) is 1. The minimum absolute atomic E-state index is 0.130. The van der Waals surface area contributed by atoms with Gasteiger partial charge in [0.05, 0.1) is 12.2 Å². The fourth-order valence-corrected chi connectivity index (χ4v) is 3.23. The Morgan fingerprint density at radius 2 is 1.67 bits per heavy atom. The Hall–Kier alpha value is -3.01. The molecular weight excluding hydrogens is 440 g/mol. The highest BCUT2D eigenvalue weighted by Gasteiger charge is 2.14. The van der Waals surface area contributed by atoms with Crippen LogP contribution in [0.5, 0.6) is 5.75 Å². The predicted octanol–water partition coefficient (Wildman–Crippen LogP) is 2.91. The molecule has 2 amide bonds. The second-order valence-corrected chi connectivity index (χ2v) is 7.51. The minimum atomic E-state index is -0.385. The van der Waals surface area contributed by atoms with Crippen LogP contribution in [0.25, 0.3) is 0 Å². The zero-order valence-electron chi connectivity index (χ0n) is 19.3. The molecule has 33 heavy (non-hydrogen) atoms. The summed E-state index contributed by atoms with van der Waals surface area (Å²) in [4.78, 5) is 27.2. The third-order valence-electron chi connectivity index (χ3n) is 4.92. The third kappa shape index (κ3) is 8.80. The number of anilines is 1. The number of rotatable bonds is 12. The van der Waals surface area contributed by atoms with Gasteiger partial charge in [-0.25, -0.2) is 0 Å². The lowest BCUT2D eigenvalue weighted by Crippen LogP contribution is -2.35. The van der Waals surface area contributed by atoms with Crippen LogP contribution in [0.1, 0.15) is 34.6 Å². The number of likely N-dealkylation sites (N-methyl/N-ethyl adjacent to an activating group) is 1. The lowest BCUT2D eigenvalue weighted by molar-refractivity contribution is 0.0946. The van der Waals surface area contributed by atoms with Crippen LogP contribution < -0.4 is 20.7 Å². The molecule has 0 spiro atoms. The molecule has 0 saturated heterocycles. The van der Waals surface area contributed by atoms with E-state index in [-0.39, 0.29) is 16.9 Å². The van der Waals surface area contributed by atoms with E-state index in [4.69, 9.17) is 21.7 Å². The van der Waals surface area contributed by atoms with Gasteiger partial charge in [-0.15, -0.1) is 0 Å². The van der Waals surface area contributed by atoms with E-state index in [1.54, 1.807) is 55.6 Å². The number of para-hydroxylation sites is 1. The first-order valence-electron chi connectivity index (χ1n) is 10.9. The number of thiocarbonyl (C=S) groups is 1. The van der Waals surface area contributed by atoms with Gasteiger partial charge in [-0.05, 0) is 61.7 Å². The second kappa shape index (κ2) is 14.2. The molecule has 0 bridgehead atoms. The maximum absolute atomic E-state index is 12.6. The smallest absolute Gasteiger partial charge is 0.261 e. The number of carbonyl (C=O) groups excluding carboxylic acids is 2. The molecule has 9 heteroatoms. The monoisotopic (exact) mass is 472 g/mol. The first-order valence-corrected chi connectivity index (χ1v) is 11.3. The minimum Gasteiger partial charge on any atom is -0.490 e. The van der Waals surface area contributed by atoms with Gasteiger partial charge in [0.1, 0.15) is 12.4 Å². The molecule has 0 unspecified atom stereocenters. The maximum Gasteiger partial charge on any atom is 0.261 e. The van der Waals surface area contributed by atoms with Gasteiger partial charge in [-0.3, -0.25) is 14.9 Å². The van der Waals surface area contributed by atoms with Gasteiger partial charge >= 0.3 is 0 Å². The molecule has 0 atom stereocenters. The molecular formula is C24H32N4O4S. The molecule has 0 saturated carbocycles. The van der Waals surface area contributed by atoms with Crippen molar-refractivity contribution >= 4 is 34.8 Å². The van der Waals surface area contributed by atoms with E-state index in [9.17, 15) is 9.59 Å². The third-order valence-corrected chi connectivity index (χ3v) is 5.12. The van der Waals surface area contributed by atoms with E-state index in [1.807, 2.05) is 0 Å². The predicted molar refractivity (Wildman–Crippen MR) is 134 cm³/mol. The van der Waals surface area contributed by atoms with Gasteiger partial charge in [0.15, 0.2) is 5.11 Å². The summed E-state index contributed by atoms with van der Waals surface area (Å²) in [5.41, 5.74) is 1.58. The first kappa shape index (κ1) is 26.2. The first-order chi connectivity index (χ1) is 16.0. The van der Waals surface area contributed by atoms with Crippen LogP contribution in [0.3, 0.4) is 0 Å². The molecule has 0 fully saturated rings. The van der Waals surface area contributed by atoms with Gasteiger partial charge in [-0.1, -0.05) is 26.0 Å². The molecule has 0 aliphatic heterocycles. The number of nitrogens with one attached hydrogen (secondary N) is 3. The van der Waals surface area contributed by atoms with Crippen molar-refractivity contribution in [3.05, 3.63) is 59.7 Å². The highest BCUT2D eigenvalue weighted by Crippen LogP contribution is 2.18. The average Bonchev–Trinajstić information content (AvgIpc) is 2.82. The number of ether oxygens (including phenoxy) is 2. The van der Waals surface area contributed by atoms with Crippen LogP contribution in [-0.4, -0.2) is 68.3 Å². The summed E-state index contributed by atoms with van der Waals surface area (Å²) in [5, 5.41) is 8.67. The zero-order chi connectivity index (χ0) is 24.1. The Labute approximate surface area is 200 Å². The SMILES string of the molecule is CCN(CC)CCNC(=O)c1ccc(NC(=S)NC(=O)c2ccccc2OCCOC)cc1. The summed E-state index contributed by atoms with van der Waals surface area (Å²) in [7, 11) is 1.58. The molecule has 3 N–H and O–H groups in total. The van der Waals surface area contributed by atoms with Crippen molar-refractivity contribution in [3.63, 3.8) is 0 Å². The quantitative estimate of drug-likeness (QED) is 0.323. The molecule has 0 aliphatic rings. The van der Waals surface area contributed by atoms with Crippen LogP contribution in [0.15, 0.2) is 48.5 Å². The van der Waals surface area contributed by atoms with Crippen molar-refractivity contribution in [3.8, 4) is 5.75 Å². The molecule has 2 aromatic rings. The Morgan fingerprint density at radius 3 is 2.33 bits per heavy atom. The fourth-order valence-electron chi connectivity index (χ4n) is 3.02. The normalized spacial score (nSPS) is 10.5. The lowest BCUT2D eigenvalue weighted by atomic mass is 10.2. The molecule has 2 aromatic carbocycles. The van der Waals surface area contributed by atoms with E-state index in [0.29, 0.717) is 42.3 Å². The summed E-state index contributed by atoms with van der Waals surface area (Å²) in [6.07, 6.45) is 0. The van der Waals surface area contributed by atoms with Gasteiger partial charge < -0.3 is 25.0 Å². The summed E-state index contributed by atoms with van der Waals surface area (Å²) in [6, 6.07) is 13.8. The summed E-state index contributed by atoms with van der Waals surface area (Å²) < 4.78 is 10.6. The largest absolute Gasteiger partial charge is 0.490 e. The second-order valence-electron chi connectivity index (χ2n) is 7.11. The number of benzene rings is 2. The van der Waals surface area contributed by atoms with Crippen LogP contribution in [0.2, 0.25) is 0 Å². The Kier molecular flexibility index (Phi) is 11.3. The van der Waals surface area contributed by atoms with Crippen molar-refractivity contribution in [1.29, 1.82) is 0 Å². The van der Waals surface area contributed by atoms with E-state index in [2.05, 4.69) is 34.7 Å². The summed E-state index contributed by atoms with van der Waals surface area (Å²) in [6.45, 7) is 8.25. The number of amides is 2. The van der Waals surface area contributed by atoms with Gasteiger partial charge in [-0.2, -0.15) is 0 Å². The standard InChI is InChI=1S/C24H32N4O4S/c1-4-28(5-2)15-14-25-22(29)18-10-12-19(13-11-18)26-24(33)27-23(30)20-8-6-7-9-21(20)32-17-16-31-3/h6-13H,4-5,14-17H2,1-3H3,(H,25,29)(H2,26,27,30,33). The molecule has 0 aromatic heterocycles. The highest BCUT2D eigenvalue weighted by atomic mass is 32.1. The summed E-state index contributed by atoms with van der Waals surface area (Å²) in [5.74, 6) is -0.0643. The summed E-state index contributed by atoms with van der Waals surface area (Å²) >= 11 is 5.26. The maximum atomic E-state index is 12.6. The van der Waals surface area contributed by atoms with E-state index >= 15 is 0 Å².